The fraction of sp³-hybridized carbons (Fsp3) is 0.417. The largest absolute Gasteiger partial charge is 0.398 e. The molecule has 17 heavy (non-hydrogen) atoms. The average Bonchev–Trinajstić information content (AvgIpc) is 2.28. The first-order valence-electron chi connectivity index (χ1n) is 5.49. The second-order valence-corrected chi connectivity index (χ2v) is 5.41. The van der Waals surface area contributed by atoms with Gasteiger partial charge in [-0.1, -0.05) is 6.07 Å². The van der Waals surface area contributed by atoms with E-state index in [0.717, 1.165) is 5.56 Å². The molecule has 0 saturated heterocycles. The normalized spacial score (nSPS) is 12.1. The number of benzene rings is 1. The third-order valence-electron chi connectivity index (χ3n) is 2.42. The van der Waals surface area contributed by atoms with Gasteiger partial charge < -0.3 is 11.1 Å². The van der Waals surface area contributed by atoms with Crippen LogP contribution in [0.5, 0.6) is 0 Å². The monoisotopic (exact) mass is 254 g/mol. The van der Waals surface area contributed by atoms with Crippen molar-refractivity contribution in [2.24, 2.45) is 0 Å². The van der Waals surface area contributed by atoms with Crippen molar-refractivity contribution in [3.05, 3.63) is 23.8 Å². The Balaban J connectivity index is 2.55. The van der Waals surface area contributed by atoms with E-state index in [1.54, 1.807) is 13.1 Å². The molecule has 0 aliphatic rings. The number of hydrogen-bond donors (Lipinski definition) is 2. The van der Waals surface area contributed by atoms with Gasteiger partial charge in [0.1, 0.15) is 0 Å². The van der Waals surface area contributed by atoms with E-state index < -0.39 is 10.8 Å². The third kappa shape index (κ3) is 4.19. The number of nitrogen functional groups attached to an aromatic ring is 1. The Morgan fingerprint density at radius 1 is 1.47 bits per heavy atom. The molecule has 0 fully saturated rings. The van der Waals surface area contributed by atoms with Gasteiger partial charge in [-0.2, -0.15) is 0 Å². The zero-order valence-corrected chi connectivity index (χ0v) is 11.0. The highest BCUT2D eigenvalue weighted by molar-refractivity contribution is 7.85. The molecule has 0 aliphatic carbocycles. The van der Waals surface area contributed by atoms with Crippen molar-refractivity contribution in [3.8, 4) is 0 Å². The highest BCUT2D eigenvalue weighted by atomic mass is 32.2. The molecule has 1 aromatic carbocycles. The van der Waals surface area contributed by atoms with Crippen LogP contribution < -0.4 is 11.1 Å². The molecule has 5 heteroatoms. The van der Waals surface area contributed by atoms with Gasteiger partial charge in [0.15, 0.2) is 0 Å². The van der Waals surface area contributed by atoms with E-state index in [4.69, 9.17) is 5.73 Å². The molecule has 0 aromatic heterocycles. The molecule has 3 N–H and O–H groups in total. The van der Waals surface area contributed by atoms with Gasteiger partial charge in [-0.25, -0.2) is 0 Å². The number of amides is 1. The smallest absolute Gasteiger partial charge is 0.219 e. The predicted octanol–water partition coefficient (Wildman–Crippen LogP) is 1.21. The number of aryl methyl sites for hydroxylation is 1. The lowest BCUT2D eigenvalue weighted by Gasteiger charge is -2.06. The molecule has 1 aromatic rings. The maximum atomic E-state index is 11.9. The number of rotatable bonds is 5. The van der Waals surface area contributed by atoms with Crippen molar-refractivity contribution in [2.75, 3.05) is 18.5 Å². The summed E-state index contributed by atoms with van der Waals surface area (Å²) in [5.74, 6) is 0.430. The Hall–Kier alpha value is -1.36. The second kappa shape index (κ2) is 6.39. The molecule has 0 radical (unpaired) electrons. The van der Waals surface area contributed by atoms with Crippen molar-refractivity contribution in [1.82, 2.24) is 5.32 Å². The summed E-state index contributed by atoms with van der Waals surface area (Å²) >= 11 is 0. The fourth-order valence-electron chi connectivity index (χ4n) is 1.47. The van der Waals surface area contributed by atoms with Gasteiger partial charge >= 0.3 is 0 Å². The van der Waals surface area contributed by atoms with Gasteiger partial charge in [0.2, 0.25) is 5.91 Å². The van der Waals surface area contributed by atoms with Crippen LogP contribution in [0.25, 0.3) is 0 Å². The Labute approximate surface area is 104 Å². The van der Waals surface area contributed by atoms with Crippen LogP contribution in [0.3, 0.4) is 0 Å². The van der Waals surface area contributed by atoms with Crippen LogP contribution in [0.1, 0.15) is 18.4 Å². The van der Waals surface area contributed by atoms with Crippen molar-refractivity contribution < 1.29 is 9.00 Å². The van der Waals surface area contributed by atoms with E-state index in [2.05, 4.69) is 5.32 Å². The molecule has 1 atom stereocenters. The standard InChI is InChI=1S/C12H18N2O2S/c1-9-5-6-11(10(13)8-9)17(16)7-3-4-12(15)14-2/h5-6,8H,3-4,7,13H2,1-2H3,(H,14,15). The zero-order chi connectivity index (χ0) is 12.8. The van der Waals surface area contributed by atoms with E-state index in [-0.39, 0.29) is 5.91 Å². The predicted molar refractivity (Wildman–Crippen MR) is 70.2 cm³/mol. The molecule has 0 aliphatic heterocycles. The van der Waals surface area contributed by atoms with E-state index in [1.165, 1.54) is 0 Å². The van der Waals surface area contributed by atoms with Crippen molar-refractivity contribution in [2.45, 2.75) is 24.7 Å². The van der Waals surface area contributed by atoms with Gasteiger partial charge in [0, 0.05) is 24.9 Å². The fourth-order valence-corrected chi connectivity index (χ4v) is 2.64. The van der Waals surface area contributed by atoms with Crippen LogP contribution in [0.2, 0.25) is 0 Å². The SMILES string of the molecule is CNC(=O)CCCS(=O)c1ccc(C)cc1N. The topological polar surface area (TPSA) is 72.2 Å². The van der Waals surface area contributed by atoms with E-state index >= 15 is 0 Å². The summed E-state index contributed by atoms with van der Waals surface area (Å²) in [5, 5.41) is 2.53. The van der Waals surface area contributed by atoms with Gasteiger partial charge in [-0.3, -0.25) is 9.00 Å². The summed E-state index contributed by atoms with van der Waals surface area (Å²) in [5.41, 5.74) is 7.42. The van der Waals surface area contributed by atoms with Crippen molar-refractivity contribution in [1.29, 1.82) is 0 Å². The molecule has 4 nitrogen and oxygen atoms in total. The number of hydrogen-bond acceptors (Lipinski definition) is 3. The summed E-state index contributed by atoms with van der Waals surface area (Å²) in [4.78, 5) is 11.7. The van der Waals surface area contributed by atoms with Crippen LogP contribution in [0, 0.1) is 6.92 Å². The molecular formula is C12H18N2O2S. The molecule has 0 spiro atoms. The Bertz CT molecular complexity index is 433. The Morgan fingerprint density at radius 2 is 2.18 bits per heavy atom. The summed E-state index contributed by atoms with van der Waals surface area (Å²) in [6.45, 7) is 1.94. The summed E-state index contributed by atoms with van der Waals surface area (Å²) < 4.78 is 11.9. The van der Waals surface area contributed by atoms with Gasteiger partial charge in [0.25, 0.3) is 0 Å². The maximum absolute atomic E-state index is 11.9. The Morgan fingerprint density at radius 3 is 2.76 bits per heavy atom. The highest BCUT2D eigenvalue weighted by Crippen LogP contribution is 2.18. The maximum Gasteiger partial charge on any atom is 0.219 e. The second-order valence-electron chi connectivity index (χ2n) is 3.87. The lowest BCUT2D eigenvalue weighted by molar-refractivity contribution is -0.120. The highest BCUT2D eigenvalue weighted by Gasteiger charge is 2.08. The number of carbonyl (C=O) groups excluding carboxylic acids is 1. The van der Waals surface area contributed by atoms with E-state index in [9.17, 15) is 9.00 Å². The van der Waals surface area contributed by atoms with Gasteiger partial charge in [-0.15, -0.1) is 0 Å². The minimum absolute atomic E-state index is 0.0288. The molecule has 0 heterocycles. The third-order valence-corrected chi connectivity index (χ3v) is 3.94. The number of nitrogens with one attached hydrogen (secondary N) is 1. The number of carbonyl (C=O) groups is 1. The van der Waals surface area contributed by atoms with Crippen molar-refractivity contribution >= 4 is 22.4 Å². The first-order chi connectivity index (χ1) is 8.04. The molecule has 1 rings (SSSR count). The zero-order valence-electron chi connectivity index (χ0n) is 10.2. The van der Waals surface area contributed by atoms with Crippen LogP contribution in [-0.2, 0) is 15.6 Å². The van der Waals surface area contributed by atoms with Crippen LogP contribution in [-0.4, -0.2) is 22.9 Å². The van der Waals surface area contributed by atoms with Crippen LogP contribution >= 0.6 is 0 Å². The minimum Gasteiger partial charge on any atom is -0.398 e. The first kappa shape index (κ1) is 13.7. The summed E-state index contributed by atoms with van der Waals surface area (Å²) in [7, 11) is 0.468. The lowest BCUT2D eigenvalue weighted by Crippen LogP contribution is -2.18. The summed E-state index contributed by atoms with van der Waals surface area (Å²) in [6.07, 6.45) is 0.994. The van der Waals surface area contributed by atoms with Crippen LogP contribution in [0.15, 0.2) is 23.1 Å². The average molecular weight is 254 g/mol. The number of anilines is 1. The molecule has 0 bridgehead atoms. The quantitative estimate of drug-likeness (QED) is 0.776. The van der Waals surface area contributed by atoms with Crippen molar-refractivity contribution in [3.63, 3.8) is 0 Å². The van der Waals surface area contributed by atoms with E-state index in [0.29, 0.717) is 29.2 Å². The molecule has 1 unspecified atom stereocenters. The van der Waals surface area contributed by atoms with Crippen LogP contribution in [0.4, 0.5) is 5.69 Å². The Kier molecular flexibility index (Phi) is 5.15. The molecular weight excluding hydrogens is 236 g/mol. The summed E-state index contributed by atoms with van der Waals surface area (Å²) in [6, 6.07) is 5.50. The lowest BCUT2D eigenvalue weighted by atomic mass is 10.2. The molecule has 0 saturated carbocycles. The molecule has 94 valence electrons. The minimum atomic E-state index is -1.13. The van der Waals surface area contributed by atoms with Gasteiger partial charge in [-0.05, 0) is 31.0 Å². The van der Waals surface area contributed by atoms with Gasteiger partial charge in [0.05, 0.1) is 15.7 Å². The first-order valence-corrected chi connectivity index (χ1v) is 6.81. The molecule has 1 amide bonds. The number of nitrogens with two attached hydrogens (primary N) is 1. The van der Waals surface area contributed by atoms with E-state index in [1.807, 2.05) is 19.1 Å².